The van der Waals surface area contributed by atoms with Crippen molar-refractivity contribution in [3.8, 4) is 5.75 Å². The van der Waals surface area contributed by atoms with Crippen LogP contribution in [0.5, 0.6) is 5.75 Å². The van der Waals surface area contributed by atoms with E-state index in [4.69, 9.17) is 4.74 Å². The van der Waals surface area contributed by atoms with Crippen molar-refractivity contribution in [1.82, 2.24) is 5.32 Å². The van der Waals surface area contributed by atoms with Crippen molar-refractivity contribution < 1.29 is 23.1 Å². The van der Waals surface area contributed by atoms with Gasteiger partial charge in [0, 0.05) is 6.04 Å². The number of unbranched alkanes of at least 4 members (excludes halogenated alkanes) is 1. The lowest BCUT2D eigenvalue weighted by Gasteiger charge is -2.39. The van der Waals surface area contributed by atoms with Crippen LogP contribution in [0.15, 0.2) is 35.2 Å². The maximum absolute atomic E-state index is 13.5. The number of aryl methyl sites for hydroxylation is 2. The van der Waals surface area contributed by atoms with E-state index >= 15 is 0 Å². The first-order chi connectivity index (χ1) is 15.8. The zero-order chi connectivity index (χ0) is 23.6. The summed E-state index contributed by atoms with van der Waals surface area (Å²) in [6, 6.07) is 8.33. The van der Waals surface area contributed by atoms with Crippen molar-refractivity contribution in [3.63, 3.8) is 0 Å². The highest BCUT2D eigenvalue weighted by Crippen LogP contribution is 2.42. The summed E-state index contributed by atoms with van der Waals surface area (Å²) in [5.74, 6) is -0.440. The van der Waals surface area contributed by atoms with E-state index in [-0.39, 0.29) is 34.5 Å². The third-order valence-electron chi connectivity index (χ3n) is 6.63. The SMILES string of the molecule is CCCCOC(=O)c1cc(NS(=O)(=O)c2cccc3c2C2NCCCC2CC3)cc(C)c1O. The molecule has 2 atom stereocenters. The number of benzene rings is 2. The lowest BCUT2D eigenvalue weighted by molar-refractivity contribution is 0.0496. The number of phenols is 1. The van der Waals surface area contributed by atoms with Crippen LogP contribution in [0.4, 0.5) is 5.69 Å². The van der Waals surface area contributed by atoms with Gasteiger partial charge in [-0.1, -0.05) is 25.5 Å². The van der Waals surface area contributed by atoms with E-state index in [2.05, 4.69) is 10.0 Å². The molecule has 178 valence electrons. The summed E-state index contributed by atoms with van der Waals surface area (Å²) in [6.07, 6.45) is 5.71. The van der Waals surface area contributed by atoms with Crippen molar-refractivity contribution in [2.45, 2.75) is 63.3 Å². The van der Waals surface area contributed by atoms with E-state index in [0.29, 0.717) is 17.9 Å². The molecule has 1 fully saturated rings. The number of aromatic hydroxyl groups is 1. The summed E-state index contributed by atoms with van der Waals surface area (Å²) in [5.41, 5.74) is 2.48. The normalized spacial score (nSPS) is 19.9. The predicted octanol–water partition coefficient (Wildman–Crippen LogP) is 4.45. The molecule has 0 saturated carbocycles. The average molecular weight is 473 g/mol. The van der Waals surface area contributed by atoms with Crippen molar-refractivity contribution in [2.75, 3.05) is 17.9 Å². The van der Waals surface area contributed by atoms with E-state index in [0.717, 1.165) is 49.8 Å². The predicted molar refractivity (Wildman–Crippen MR) is 127 cm³/mol. The Balaban J connectivity index is 1.66. The second-order valence-electron chi connectivity index (χ2n) is 8.99. The van der Waals surface area contributed by atoms with E-state index in [1.54, 1.807) is 19.1 Å². The fraction of sp³-hybridized carbons (Fsp3) is 0.480. The number of carbonyl (C=O) groups is 1. The van der Waals surface area contributed by atoms with Gasteiger partial charge in [0.1, 0.15) is 11.3 Å². The Kier molecular flexibility index (Phi) is 6.95. The fourth-order valence-electron chi connectivity index (χ4n) is 4.93. The van der Waals surface area contributed by atoms with Gasteiger partial charge in [-0.25, -0.2) is 13.2 Å². The maximum atomic E-state index is 13.5. The number of phenolic OH excluding ortho intramolecular Hbond substituents is 1. The van der Waals surface area contributed by atoms with Gasteiger partial charge < -0.3 is 15.2 Å². The van der Waals surface area contributed by atoms with Crippen LogP contribution in [-0.4, -0.2) is 32.6 Å². The Hall–Kier alpha value is -2.58. The molecule has 7 nitrogen and oxygen atoms in total. The van der Waals surface area contributed by atoms with Gasteiger partial charge in [-0.3, -0.25) is 4.72 Å². The molecule has 2 aromatic rings. The number of hydrogen-bond acceptors (Lipinski definition) is 6. The Morgan fingerprint density at radius 2 is 2.09 bits per heavy atom. The van der Waals surface area contributed by atoms with Gasteiger partial charge in [0.15, 0.2) is 0 Å². The number of piperidine rings is 1. The minimum atomic E-state index is -3.92. The van der Waals surface area contributed by atoms with Crippen LogP contribution in [0.1, 0.15) is 72.1 Å². The number of anilines is 1. The highest BCUT2D eigenvalue weighted by molar-refractivity contribution is 7.92. The number of fused-ring (bicyclic) bond motifs is 3. The molecular weight excluding hydrogens is 440 g/mol. The van der Waals surface area contributed by atoms with Crippen LogP contribution in [-0.2, 0) is 21.2 Å². The van der Waals surface area contributed by atoms with Crippen LogP contribution in [0.3, 0.4) is 0 Å². The number of sulfonamides is 1. The van der Waals surface area contributed by atoms with Crippen LogP contribution in [0, 0.1) is 12.8 Å². The molecule has 3 N–H and O–H groups in total. The van der Waals surface area contributed by atoms with Gasteiger partial charge >= 0.3 is 5.97 Å². The molecule has 8 heteroatoms. The van der Waals surface area contributed by atoms with Crippen LogP contribution < -0.4 is 10.0 Å². The summed E-state index contributed by atoms with van der Waals surface area (Å²) in [7, 11) is -3.92. The molecule has 2 aliphatic rings. The standard InChI is InChI=1S/C25H32N2O5S/c1-3-4-13-32-25(29)20-15-19(14-16(2)24(20)28)27-33(30,31)21-9-5-7-17-10-11-18-8-6-12-26-23(18)22(17)21/h5,7,9,14-15,18,23,26-28H,3-4,6,8,10-13H2,1-2H3. The Morgan fingerprint density at radius 1 is 1.27 bits per heavy atom. The molecule has 1 aliphatic carbocycles. The first kappa shape index (κ1) is 23.6. The molecule has 1 saturated heterocycles. The van der Waals surface area contributed by atoms with Crippen LogP contribution in [0.25, 0.3) is 0 Å². The van der Waals surface area contributed by atoms with Crippen molar-refractivity contribution in [2.24, 2.45) is 5.92 Å². The maximum Gasteiger partial charge on any atom is 0.341 e. The molecule has 0 radical (unpaired) electrons. The summed E-state index contributed by atoms with van der Waals surface area (Å²) in [4.78, 5) is 12.7. The number of hydrogen-bond donors (Lipinski definition) is 3. The first-order valence-corrected chi connectivity index (χ1v) is 13.2. The summed E-state index contributed by atoms with van der Waals surface area (Å²) in [5, 5.41) is 13.9. The third kappa shape index (κ3) is 4.87. The first-order valence-electron chi connectivity index (χ1n) is 11.7. The van der Waals surface area contributed by atoms with Gasteiger partial charge in [-0.05, 0) is 86.4 Å². The zero-order valence-corrected chi connectivity index (χ0v) is 20.0. The van der Waals surface area contributed by atoms with Crippen LogP contribution in [0.2, 0.25) is 0 Å². The molecule has 0 amide bonds. The molecular formula is C25H32N2O5S. The monoisotopic (exact) mass is 472 g/mol. The van der Waals surface area contributed by atoms with Crippen LogP contribution >= 0.6 is 0 Å². The topological polar surface area (TPSA) is 105 Å². The Labute approximate surface area is 195 Å². The second kappa shape index (κ2) is 9.73. The minimum Gasteiger partial charge on any atom is -0.507 e. The van der Waals surface area contributed by atoms with Crippen molar-refractivity contribution in [1.29, 1.82) is 0 Å². The molecule has 1 aliphatic heterocycles. The van der Waals surface area contributed by atoms with E-state index < -0.39 is 16.0 Å². The van der Waals surface area contributed by atoms with Gasteiger partial charge in [-0.2, -0.15) is 0 Å². The van der Waals surface area contributed by atoms with Gasteiger partial charge in [0.25, 0.3) is 10.0 Å². The van der Waals surface area contributed by atoms with Gasteiger partial charge in [0.2, 0.25) is 0 Å². The van der Waals surface area contributed by atoms with E-state index in [1.807, 2.05) is 13.0 Å². The zero-order valence-electron chi connectivity index (χ0n) is 19.2. The highest BCUT2D eigenvalue weighted by atomic mass is 32.2. The molecule has 33 heavy (non-hydrogen) atoms. The lowest BCUT2D eigenvalue weighted by atomic mass is 9.76. The number of ether oxygens (including phenoxy) is 1. The highest BCUT2D eigenvalue weighted by Gasteiger charge is 2.36. The number of nitrogens with one attached hydrogen (secondary N) is 2. The summed E-state index contributed by atoms with van der Waals surface area (Å²) < 4.78 is 34.9. The molecule has 2 unspecified atom stereocenters. The average Bonchev–Trinajstić information content (AvgIpc) is 2.80. The smallest absolute Gasteiger partial charge is 0.341 e. The molecule has 0 aromatic heterocycles. The lowest BCUT2D eigenvalue weighted by Crippen LogP contribution is -2.38. The van der Waals surface area contributed by atoms with Crippen molar-refractivity contribution >= 4 is 21.7 Å². The van der Waals surface area contributed by atoms with Gasteiger partial charge in [0.05, 0.1) is 17.2 Å². The quantitative estimate of drug-likeness (QED) is 0.313. The molecule has 2 aromatic carbocycles. The van der Waals surface area contributed by atoms with Crippen molar-refractivity contribution in [3.05, 3.63) is 52.6 Å². The molecule has 0 bridgehead atoms. The molecule has 0 spiro atoms. The fourth-order valence-corrected chi connectivity index (χ4v) is 6.27. The second-order valence-corrected chi connectivity index (χ2v) is 10.6. The largest absolute Gasteiger partial charge is 0.507 e. The van der Waals surface area contributed by atoms with E-state index in [9.17, 15) is 18.3 Å². The van der Waals surface area contributed by atoms with E-state index in [1.165, 1.54) is 12.1 Å². The minimum absolute atomic E-state index is 0.0286. The number of carbonyl (C=O) groups excluding carboxylic acids is 1. The Morgan fingerprint density at radius 3 is 2.88 bits per heavy atom. The summed E-state index contributed by atoms with van der Waals surface area (Å²) in [6.45, 7) is 4.73. The molecule has 1 heterocycles. The number of esters is 1. The Bertz CT molecular complexity index is 1150. The molecule has 4 rings (SSSR count). The number of rotatable bonds is 7. The van der Waals surface area contributed by atoms with Gasteiger partial charge in [-0.15, -0.1) is 0 Å². The summed E-state index contributed by atoms with van der Waals surface area (Å²) >= 11 is 0. The third-order valence-corrected chi connectivity index (χ3v) is 8.07.